The van der Waals surface area contributed by atoms with Gasteiger partial charge in [-0.25, -0.2) is 0 Å². The lowest BCUT2D eigenvalue weighted by atomic mass is 9.81. The molecule has 4 heteroatoms. The third-order valence-electron chi connectivity index (χ3n) is 4.36. The normalized spacial score (nSPS) is 22.1. The van der Waals surface area contributed by atoms with E-state index in [2.05, 4.69) is 26.1 Å². The van der Waals surface area contributed by atoms with E-state index in [9.17, 15) is 9.59 Å². The molecular formula is C17H32N2O2. The van der Waals surface area contributed by atoms with Crippen LogP contribution < -0.4 is 5.32 Å². The van der Waals surface area contributed by atoms with Crippen LogP contribution in [-0.2, 0) is 9.59 Å². The summed E-state index contributed by atoms with van der Waals surface area (Å²) >= 11 is 0. The first kappa shape index (κ1) is 18.0. The maximum atomic E-state index is 12.3. The Bertz CT molecular complexity index is 334. The first-order chi connectivity index (χ1) is 9.95. The molecule has 0 heterocycles. The molecule has 0 spiro atoms. The van der Waals surface area contributed by atoms with Crippen LogP contribution in [0, 0.1) is 17.8 Å². The van der Waals surface area contributed by atoms with Crippen LogP contribution in [0.4, 0.5) is 0 Å². The van der Waals surface area contributed by atoms with Gasteiger partial charge in [0.15, 0.2) is 0 Å². The highest BCUT2D eigenvalue weighted by Gasteiger charge is 2.31. The van der Waals surface area contributed by atoms with Crippen molar-refractivity contribution in [1.29, 1.82) is 0 Å². The minimum atomic E-state index is 0.105. The highest BCUT2D eigenvalue weighted by molar-refractivity contribution is 5.81. The van der Waals surface area contributed by atoms with Crippen LogP contribution in [0.2, 0.25) is 0 Å². The highest BCUT2D eigenvalue weighted by Crippen LogP contribution is 2.30. The molecule has 0 saturated heterocycles. The Kier molecular flexibility index (Phi) is 7.76. The average molecular weight is 296 g/mol. The van der Waals surface area contributed by atoms with E-state index in [1.165, 1.54) is 0 Å². The number of unbranched alkanes of at least 4 members (excludes halogenated alkanes) is 1. The highest BCUT2D eigenvalue weighted by atomic mass is 16.2. The zero-order valence-corrected chi connectivity index (χ0v) is 14.2. The first-order valence-electron chi connectivity index (χ1n) is 8.48. The molecule has 1 saturated carbocycles. The van der Waals surface area contributed by atoms with Gasteiger partial charge in [-0.15, -0.1) is 0 Å². The molecule has 1 aliphatic carbocycles. The molecule has 0 aromatic carbocycles. The van der Waals surface area contributed by atoms with Crippen molar-refractivity contribution >= 4 is 11.8 Å². The maximum absolute atomic E-state index is 12.3. The molecule has 0 atom stereocenters. The smallest absolute Gasteiger partial charge is 0.225 e. The molecule has 1 fully saturated rings. The number of rotatable bonds is 7. The predicted molar refractivity (Wildman–Crippen MR) is 85.8 cm³/mol. The van der Waals surface area contributed by atoms with Crippen molar-refractivity contribution in [2.24, 2.45) is 17.8 Å². The van der Waals surface area contributed by atoms with Gasteiger partial charge in [0.1, 0.15) is 0 Å². The van der Waals surface area contributed by atoms with Crippen LogP contribution in [0.1, 0.15) is 59.3 Å². The summed E-state index contributed by atoms with van der Waals surface area (Å²) < 4.78 is 0. The summed E-state index contributed by atoms with van der Waals surface area (Å²) in [5, 5.41) is 3.01. The fraction of sp³-hybridized carbons (Fsp3) is 0.882. The minimum absolute atomic E-state index is 0.105. The predicted octanol–water partition coefficient (Wildman–Crippen LogP) is 2.82. The molecule has 1 rings (SSSR count). The lowest BCUT2D eigenvalue weighted by molar-refractivity contribution is -0.137. The molecule has 0 aliphatic heterocycles. The lowest BCUT2D eigenvalue weighted by Gasteiger charge is -2.30. The van der Waals surface area contributed by atoms with Gasteiger partial charge in [0.2, 0.25) is 11.8 Å². The quantitative estimate of drug-likeness (QED) is 0.785. The first-order valence-corrected chi connectivity index (χ1v) is 8.48. The summed E-state index contributed by atoms with van der Waals surface area (Å²) in [5.74, 6) is 1.16. The molecule has 0 aromatic heterocycles. The third kappa shape index (κ3) is 6.06. The monoisotopic (exact) mass is 296 g/mol. The number of hydrogen-bond donors (Lipinski definition) is 1. The number of nitrogens with one attached hydrogen (secondary N) is 1. The Hall–Kier alpha value is -1.06. The van der Waals surface area contributed by atoms with Gasteiger partial charge in [-0.2, -0.15) is 0 Å². The van der Waals surface area contributed by atoms with E-state index in [1.807, 2.05) is 11.9 Å². The van der Waals surface area contributed by atoms with E-state index in [1.54, 1.807) is 0 Å². The van der Waals surface area contributed by atoms with E-state index in [4.69, 9.17) is 0 Å². The van der Waals surface area contributed by atoms with Gasteiger partial charge in [0, 0.05) is 32.0 Å². The maximum Gasteiger partial charge on any atom is 0.225 e. The summed E-state index contributed by atoms with van der Waals surface area (Å²) in [6, 6.07) is 0. The van der Waals surface area contributed by atoms with Crippen molar-refractivity contribution < 1.29 is 9.59 Å². The summed E-state index contributed by atoms with van der Waals surface area (Å²) in [5.41, 5.74) is 0. The molecule has 0 aromatic rings. The molecule has 1 aliphatic rings. The van der Waals surface area contributed by atoms with Crippen LogP contribution in [0.3, 0.4) is 0 Å². The van der Waals surface area contributed by atoms with Gasteiger partial charge in [-0.1, -0.05) is 27.2 Å². The fourth-order valence-corrected chi connectivity index (χ4v) is 2.87. The van der Waals surface area contributed by atoms with Crippen LogP contribution in [0.5, 0.6) is 0 Å². The second-order valence-corrected chi connectivity index (χ2v) is 6.80. The van der Waals surface area contributed by atoms with Gasteiger partial charge in [0.25, 0.3) is 0 Å². The number of carbonyl (C=O) groups excluding carboxylic acids is 2. The molecular weight excluding hydrogens is 264 g/mol. The number of hydrogen-bond acceptors (Lipinski definition) is 2. The van der Waals surface area contributed by atoms with Gasteiger partial charge in [-0.05, 0) is 38.0 Å². The molecule has 0 bridgehead atoms. The SMILES string of the molecule is CCCCN(C)C(=O)C1CCC(C(=O)NCC(C)C)CC1. The van der Waals surface area contributed by atoms with Crippen LogP contribution >= 0.6 is 0 Å². The van der Waals surface area contributed by atoms with Gasteiger partial charge in [0.05, 0.1) is 0 Å². The number of carbonyl (C=O) groups is 2. The zero-order chi connectivity index (χ0) is 15.8. The summed E-state index contributed by atoms with van der Waals surface area (Å²) in [6.45, 7) is 7.94. The Morgan fingerprint density at radius 3 is 2.24 bits per heavy atom. The van der Waals surface area contributed by atoms with E-state index < -0.39 is 0 Å². The largest absolute Gasteiger partial charge is 0.356 e. The summed E-state index contributed by atoms with van der Waals surface area (Å²) in [7, 11) is 1.90. The standard InChI is InChI=1S/C17H32N2O2/c1-5-6-11-19(4)17(21)15-9-7-14(8-10-15)16(20)18-12-13(2)3/h13-15H,5-12H2,1-4H3,(H,18,20). The van der Waals surface area contributed by atoms with Crippen molar-refractivity contribution in [2.45, 2.75) is 59.3 Å². The van der Waals surface area contributed by atoms with Gasteiger partial charge < -0.3 is 10.2 Å². The Balaban J connectivity index is 2.34. The van der Waals surface area contributed by atoms with E-state index in [-0.39, 0.29) is 23.7 Å². The molecule has 0 unspecified atom stereocenters. The van der Waals surface area contributed by atoms with Crippen LogP contribution in [0.15, 0.2) is 0 Å². The second kappa shape index (κ2) is 9.06. The van der Waals surface area contributed by atoms with Crippen molar-refractivity contribution in [3.63, 3.8) is 0 Å². The Labute approximate surface area is 129 Å². The van der Waals surface area contributed by atoms with Crippen LogP contribution in [-0.4, -0.2) is 36.9 Å². The van der Waals surface area contributed by atoms with Crippen molar-refractivity contribution in [3.05, 3.63) is 0 Å². The molecule has 1 N–H and O–H groups in total. The molecule has 2 amide bonds. The van der Waals surface area contributed by atoms with E-state index >= 15 is 0 Å². The van der Waals surface area contributed by atoms with Gasteiger partial charge in [-0.3, -0.25) is 9.59 Å². The lowest BCUT2D eigenvalue weighted by Crippen LogP contribution is -2.39. The fourth-order valence-electron chi connectivity index (χ4n) is 2.87. The minimum Gasteiger partial charge on any atom is -0.356 e. The Morgan fingerprint density at radius 2 is 1.71 bits per heavy atom. The summed E-state index contributed by atoms with van der Waals surface area (Å²) in [4.78, 5) is 26.2. The van der Waals surface area contributed by atoms with E-state index in [0.717, 1.165) is 51.6 Å². The van der Waals surface area contributed by atoms with Crippen molar-refractivity contribution in [2.75, 3.05) is 20.1 Å². The summed E-state index contributed by atoms with van der Waals surface area (Å²) in [6.07, 6.45) is 5.59. The second-order valence-electron chi connectivity index (χ2n) is 6.80. The number of amides is 2. The topological polar surface area (TPSA) is 49.4 Å². The van der Waals surface area contributed by atoms with E-state index in [0.29, 0.717) is 5.92 Å². The molecule has 21 heavy (non-hydrogen) atoms. The van der Waals surface area contributed by atoms with Gasteiger partial charge >= 0.3 is 0 Å². The Morgan fingerprint density at radius 1 is 1.14 bits per heavy atom. The molecule has 4 nitrogen and oxygen atoms in total. The zero-order valence-electron chi connectivity index (χ0n) is 14.2. The third-order valence-corrected chi connectivity index (χ3v) is 4.36. The van der Waals surface area contributed by atoms with Crippen molar-refractivity contribution in [1.82, 2.24) is 10.2 Å². The number of nitrogens with zero attached hydrogens (tertiary/aromatic N) is 1. The van der Waals surface area contributed by atoms with Crippen LogP contribution in [0.25, 0.3) is 0 Å². The molecule has 122 valence electrons. The molecule has 0 radical (unpaired) electrons. The average Bonchev–Trinajstić information content (AvgIpc) is 2.49. The van der Waals surface area contributed by atoms with Crippen molar-refractivity contribution in [3.8, 4) is 0 Å².